The van der Waals surface area contributed by atoms with Crippen molar-refractivity contribution in [3.63, 3.8) is 0 Å². The van der Waals surface area contributed by atoms with Crippen LogP contribution in [0.25, 0.3) is 0 Å². The molecule has 0 aliphatic carbocycles. The first kappa shape index (κ1) is 11.0. The standard InChI is InChI=1S/C12H16FNS/c1-15-12-5-4-10(13)7-11(12)9-3-2-6-14-8-9/h4-5,7,9,14H,2-3,6,8H2,1H3. The summed E-state index contributed by atoms with van der Waals surface area (Å²) in [7, 11) is 0. The highest BCUT2D eigenvalue weighted by Crippen LogP contribution is 2.31. The number of nitrogens with one attached hydrogen (secondary N) is 1. The molecule has 1 atom stereocenters. The Hall–Kier alpha value is -0.540. The fourth-order valence-electron chi connectivity index (χ4n) is 2.14. The van der Waals surface area contributed by atoms with Crippen LogP contribution < -0.4 is 5.32 Å². The number of hydrogen-bond acceptors (Lipinski definition) is 2. The van der Waals surface area contributed by atoms with Crippen molar-refractivity contribution in [2.75, 3.05) is 19.3 Å². The van der Waals surface area contributed by atoms with E-state index in [1.54, 1.807) is 23.9 Å². The molecule has 0 spiro atoms. The monoisotopic (exact) mass is 225 g/mol. The van der Waals surface area contributed by atoms with Gasteiger partial charge in [-0.2, -0.15) is 0 Å². The average molecular weight is 225 g/mol. The number of piperidine rings is 1. The normalized spacial score (nSPS) is 21.6. The minimum absolute atomic E-state index is 0.117. The Morgan fingerprint density at radius 2 is 2.33 bits per heavy atom. The van der Waals surface area contributed by atoms with E-state index in [9.17, 15) is 4.39 Å². The minimum atomic E-state index is -0.117. The zero-order chi connectivity index (χ0) is 10.7. The maximum absolute atomic E-state index is 13.2. The van der Waals surface area contributed by atoms with E-state index < -0.39 is 0 Å². The van der Waals surface area contributed by atoms with Gasteiger partial charge in [0.25, 0.3) is 0 Å². The van der Waals surface area contributed by atoms with Gasteiger partial charge in [-0.1, -0.05) is 0 Å². The third-order valence-corrected chi connectivity index (χ3v) is 3.74. The summed E-state index contributed by atoms with van der Waals surface area (Å²) in [4.78, 5) is 1.21. The summed E-state index contributed by atoms with van der Waals surface area (Å²) in [6, 6.07) is 5.14. The van der Waals surface area contributed by atoms with Gasteiger partial charge in [-0.15, -0.1) is 11.8 Å². The van der Waals surface area contributed by atoms with Crippen molar-refractivity contribution >= 4 is 11.8 Å². The molecule has 15 heavy (non-hydrogen) atoms. The van der Waals surface area contributed by atoms with Crippen molar-refractivity contribution in [1.82, 2.24) is 5.32 Å². The van der Waals surface area contributed by atoms with Crippen LogP contribution in [0.4, 0.5) is 4.39 Å². The predicted molar refractivity (Wildman–Crippen MR) is 63.0 cm³/mol. The molecule has 1 aromatic rings. The van der Waals surface area contributed by atoms with E-state index in [2.05, 4.69) is 5.32 Å². The molecule has 1 nitrogen and oxygen atoms in total. The highest BCUT2D eigenvalue weighted by atomic mass is 32.2. The van der Waals surface area contributed by atoms with Crippen LogP contribution in [0, 0.1) is 5.82 Å². The molecule has 1 fully saturated rings. The number of halogens is 1. The first-order valence-corrected chi connectivity index (χ1v) is 6.58. The zero-order valence-corrected chi connectivity index (χ0v) is 9.74. The van der Waals surface area contributed by atoms with Crippen LogP contribution in [-0.4, -0.2) is 19.3 Å². The van der Waals surface area contributed by atoms with Crippen molar-refractivity contribution in [2.45, 2.75) is 23.7 Å². The lowest BCUT2D eigenvalue weighted by atomic mass is 9.91. The molecular formula is C12H16FNS. The van der Waals surface area contributed by atoms with Gasteiger partial charge >= 0.3 is 0 Å². The lowest BCUT2D eigenvalue weighted by Gasteiger charge is -2.24. The molecule has 1 heterocycles. The SMILES string of the molecule is CSc1ccc(F)cc1C1CCCNC1. The molecule has 0 bridgehead atoms. The Morgan fingerprint density at radius 3 is 3.00 bits per heavy atom. The second-order valence-electron chi connectivity index (χ2n) is 3.93. The first-order chi connectivity index (χ1) is 7.31. The summed E-state index contributed by atoms with van der Waals surface area (Å²) < 4.78 is 13.2. The summed E-state index contributed by atoms with van der Waals surface area (Å²) in [6.07, 6.45) is 4.41. The van der Waals surface area contributed by atoms with Gasteiger partial charge < -0.3 is 5.32 Å². The second kappa shape index (κ2) is 4.99. The van der Waals surface area contributed by atoms with E-state index in [1.807, 2.05) is 12.3 Å². The quantitative estimate of drug-likeness (QED) is 0.776. The molecule has 0 aromatic heterocycles. The molecule has 1 aliphatic heterocycles. The van der Waals surface area contributed by atoms with Crippen LogP contribution in [0.15, 0.2) is 23.1 Å². The van der Waals surface area contributed by atoms with Gasteiger partial charge in [-0.05, 0) is 55.3 Å². The van der Waals surface area contributed by atoms with Gasteiger partial charge in [0.05, 0.1) is 0 Å². The predicted octanol–water partition coefficient (Wildman–Crippen LogP) is 3.01. The smallest absolute Gasteiger partial charge is 0.123 e. The summed E-state index contributed by atoms with van der Waals surface area (Å²) >= 11 is 1.70. The maximum Gasteiger partial charge on any atom is 0.123 e. The molecule has 0 radical (unpaired) electrons. The molecule has 0 saturated carbocycles. The number of thioether (sulfide) groups is 1. The van der Waals surface area contributed by atoms with Crippen LogP contribution >= 0.6 is 11.8 Å². The van der Waals surface area contributed by atoms with E-state index in [0.29, 0.717) is 5.92 Å². The van der Waals surface area contributed by atoms with E-state index in [4.69, 9.17) is 0 Å². The molecule has 3 heteroatoms. The molecule has 82 valence electrons. The van der Waals surface area contributed by atoms with Gasteiger partial charge in [-0.3, -0.25) is 0 Å². The van der Waals surface area contributed by atoms with Crippen molar-refractivity contribution < 1.29 is 4.39 Å². The van der Waals surface area contributed by atoms with Crippen molar-refractivity contribution in [3.8, 4) is 0 Å². The number of benzene rings is 1. The Kier molecular flexibility index (Phi) is 3.65. The van der Waals surface area contributed by atoms with Gasteiger partial charge in [0.1, 0.15) is 5.82 Å². The topological polar surface area (TPSA) is 12.0 Å². The minimum Gasteiger partial charge on any atom is -0.316 e. The van der Waals surface area contributed by atoms with Crippen molar-refractivity contribution in [1.29, 1.82) is 0 Å². The maximum atomic E-state index is 13.2. The van der Waals surface area contributed by atoms with Crippen LogP contribution in [0.5, 0.6) is 0 Å². The van der Waals surface area contributed by atoms with E-state index in [0.717, 1.165) is 13.1 Å². The number of hydrogen-bond donors (Lipinski definition) is 1. The molecule has 1 N–H and O–H groups in total. The molecular weight excluding hydrogens is 209 g/mol. The van der Waals surface area contributed by atoms with E-state index in [1.165, 1.54) is 23.3 Å². The molecule has 1 unspecified atom stereocenters. The molecule has 1 aromatic carbocycles. The van der Waals surface area contributed by atoms with Gasteiger partial charge in [-0.25, -0.2) is 4.39 Å². The van der Waals surface area contributed by atoms with E-state index >= 15 is 0 Å². The van der Waals surface area contributed by atoms with Gasteiger partial charge in [0.15, 0.2) is 0 Å². The zero-order valence-electron chi connectivity index (χ0n) is 8.92. The van der Waals surface area contributed by atoms with Crippen LogP contribution in [-0.2, 0) is 0 Å². The summed E-state index contributed by atoms with van der Waals surface area (Å²) in [5.74, 6) is 0.366. The van der Waals surface area contributed by atoms with Crippen LogP contribution in [0.1, 0.15) is 24.3 Å². The summed E-state index contributed by atoms with van der Waals surface area (Å²) in [5.41, 5.74) is 1.18. The lowest BCUT2D eigenvalue weighted by molar-refractivity contribution is 0.455. The molecule has 1 saturated heterocycles. The molecule has 2 rings (SSSR count). The Morgan fingerprint density at radius 1 is 1.47 bits per heavy atom. The Balaban J connectivity index is 2.27. The summed E-state index contributed by atoms with van der Waals surface area (Å²) in [6.45, 7) is 2.08. The van der Waals surface area contributed by atoms with Gasteiger partial charge in [0.2, 0.25) is 0 Å². The fourth-order valence-corrected chi connectivity index (χ4v) is 2.81. The van der Waals surface area contributed by atoms with Crippen molar-refractivity contribution in [3.05, 3.63) is 29.6 Å². The van der Waals surface area contributed by atoms with E-state index in [-0.39, 0.29) is 5.82 Å². The first-order valence-electron chi connectivity index (χ1n) is 5.35. The van der Waals surface area contributed by atoms with Crippen LogP contribution in [0.2, 0.25) is 0 Å². The van der Waals surface area contributed by atoms with Gasteiger partial charge in [0, 0.05) is 11.4 Å². The third-order valence-electron chi connectivity index (χ3n) is 2.93. The molecule has 0 amide bonds. The fraction of sp³-hybridized carbons (Fsp3) is 0.500. The second-order valence-corrected chi connectivity index (χ2v) is 4.78. The largest absolute Gasteiger partial charge is 0.316 e. The molecule has 1 aliphatic rings. The number of rotatable bonds is 2. The Labute approximate surface area is 94.5 Å². The van der Waals surface area contributed by atoms with Crippen LogP contribution in [0.3, 0.4) is 0 Å². The Bertz CT molecular complexity index is 334. The highest BCUT2D eigenvalue weighted by Gasteiger charge is 2.18. The highest BCUT2D eigenvalue weighted by molar-refractivity contribution is 7.98. The average Bonchev–Trinajstić information content (AvgIpc) is 2.30. The lowest BCUT2D eigenvalue weighted by Crippen LogP contribution is -2.28. The third kappa shape index (κ3) is 2.52. The summed E-state index contributed by atoms with van der Waals surface area (Å²) in [5, 5.41) is 3.37. The van der Waals surface area contributed by atoms with Crippen molar-refractivity contribution in [2.24, 2.45) is 0 Å².